The van der Waals surface area contributed by atoms with Crippen LogP contribution in [0.3, 0.4) is 0 Å². The quantitative estimate of drug-likeness (QED) is 0.505. The van der Waals surface area contributed by atoms with Gasteiger partial charge in [-0.05, 0) is 12.5 Å². The number of hydrogen-bond donors (Lipinski definition) is 0. The van der Waals surface area contributed by atoms with Crippen molar-refractivity contribution in [2.45, 2.75) is 6.92 Å². The second kappa shape index (κ2) is 7.17. The minimum atomic E-state index is 0. The predicted octanol–water partition coefficient (Wildman–Crippen LogP) is 1.13. The molecule has 2 heteroatoms. The zero-order chi connectivity index (χ0) is 10.4. The number of allylic oxidation sites excluding steroid dienone is 4. The molecule has 0 aliphatic heterocycles. The first-order valence-electron chi connectivity index (χ1n) is 4.52. The Morgan fingerprint density at radius 2 is 1.80 bits per heavy atom. The van der Waals surface area contributed by atoms with E-state index in [0.717, 1.165) is 5.56 Å². The summed E-state index contributed by atoms with van der Waals surface area (Å²) in [5, 5.41) is 0. The van der Waals surface area contributed by atoms with Crippen molar-refractivity contribution in [1.29, 1.82) is 0 Å². The van der Waals surface area contributed by atoms with E-state index < -0.39 is 0 Å². The summed E-state index contributed by atoms with van der Waals surface area (Å²) in [6, 6.07) is 7.93. The zero-order valence-corrected chi connectivity index (χ0v) is 9.33. The molecule has 72 valence electrons. The van der Waals surface area contributed by atoms with Gasteiger partial charge in [0.05, 0.1) is 0 Å². The van der Waals surface area contributed by atoms with Gasteiger partial charge in [-0.1, -0.05) is 60.7 Å². The first-order chi connectivity index (χ1) is 6.74. The van der Waals surface area contributed by atoms with Crippen LogP contribution < -0.4 is 18.9 Å². The van der Waals surface area contributed by atoms with Crippen molar-refractivity contribution in [3.05, 3.63) is 72.0 Å². The molecule has 0 fully saturated rings. The van der Waals surface area contributed by atoms with Gasteiger partial charge in [-0.3, -0.25) is 0 Å². The minimum absolute atomic E-state index is 0. The number of benzene rings is 1. The largest absolute Gasteiger partial charge is 1.00 e. The van der Waals surface area contributed by atoms with Gasteiger partial charge in [0.25, 0.3) is 0 Å². The van der Waals surface area contributed by atoms with Crippen LogP contribution in [0.2, 0.25) is 0 Å². The van der Waals surface area contributed by atoms with Crippen LogP contribution in [-0.2, 0) is 0 Å². The summed E-state index contributed by atoms with van der Waals surface area (Å²) >= 11 is 0. The molecule has 1 nitrogen and oxygen atoms in total. The molecule has 0 aliphatic carbocycles. The molecule has 0 aliphatic rings. The van der Waals surface area contributed by atoms with Crippen molar-refractivity contribution in [1.82, 2.24) is 0 Å². The van der Waals surface area contributed by atoms with Crippen molar-refractivity contribution < 1.29 is 18.9 Å². The fourth-order valence-corrected chi connectivity index (χ4v) is 1.06. The standard InChI is InChI=1S/C13H14N.Li/c1-3-4-5-6-13(14)12-9-7-11(2)8-10-12;/h3-10,14H,1H2,2H3;/q-1;+1/b5-4+,13-6-;. The summed E-state index contributed by atoms with van der Waals surface area (Å²) in [7, 11) is 0. The van der Waals surface area contributed by atoms with Crippen LogP contribution in [0, 0.1) is 6.92 Å². The molecule has 0 aromatic heterocycles. The van der Waals surface area contributed by atoms with Gasteiger partial charge in [0.1, 0.15) is 0 Å². The summed E-state index contributed by atoms with van der Waals surface area (Å²) in [4.78, 5) is 0. The number of rotatable bonds is 3. The van der Waals surface area contributed by atoms with Crippen molar-refractivity contribution in [3.63, 3.8) is 0 Å². The molecule has 0 radical (unpaired) electrons. The molecule has 0 amide bonds. The third-order valence-electron chi connectivity index (χ3n) is 1.87. The molecule has 0 heterocycles. The van der Waals surface area contributed by atoms with E-state index >= 15 is 0 Å². The number of hydrogen-bond acceptors (Lipinski definition) is 0. The second-order valence-corrected chi connectivity index (χ2v) is 3.07. The van der Waals surface area contributed by atoms with E-state index in [2.05, 4.69) is 6.58 Å². The average molecular weight is 191 g/mol. The Balaban J connectivity index is 0.00000196. The molecule has 0 unspecified atom stereocenters. The Labute approximate surface area is 104 Å². The molecule has 0 saturated carbocycles. The first kappa shape index (κ1) is 13.8. The molecule has 15 heavy (non-hydrogen) atoms. The molecule has 1 rings (SSSR count). The Hall–Kier alpha value is -1.16. The molecular formula is C13H14LiN. The summed E-state index contributed by atoms with van der Waals surface area (Å²) in [5.41, 5.74) is 10.4. The molecule has 0 saturated heterocycles. The van der Waals surface area contributed by atoms with E-state index in [0.29, 0.717) is 5.70 Å². The fraction of sp³-hybridized carbons (Fsp3) is 0.0769. The van der Waals surface area contributed by atoms with Gasteiger partial charge < -0.3 is 5.73 Å². The van der Waals surface area contributed by atoms with Crippen LogP contribution in [0.1, 0.15) is 11.1 Å². The van der Waals surface area contributed by atoms with Crippen LogP contribution in [-0.4, -0.2) is 0 Å². The van der Waals surface area contributed by atoms with E-state index in [9.17, 15) is 0 Å². The second-order valence-electron chi connectivity index (χ2n) is 3.07. The Kier molecular flexibility index (Phi) is 6.62. The molecule has 0 spiro atoms. The van der Waals surface area contributed by atoms with Crippen LogP contribution in [0.15, 0.2) is 55.1 Å². The van der Waals surface area contributed by atoms with Crippen molar-refractivity contribution in [2.24, 2.45) is 0 Å². The SMILES string of the molecule is C=C/C=C/C=C(\[NH-])c1ccc(C)cc1.[Li+]. The molecule has 0 atom stereocenters. The van der Waals surface area contributed by atoms with Crippen molar-refractivity contribution >= 4 is 5.70 Å². The van der Waals surface area contributed by atoms with Gasteiger partial charge in [-0.15, -0.1) is 5.70 Å². The maximum atomic E-state index is 7.74. The summed E-state index contributed by atoms with van der Waals surface area (Å²) in [6.45, 7) is 5.60. The third-order valence-corrected chi connectivity index (χ3v) is 1.87. The van der Waals surface area contributed by atoms with E-state index in [1.165, 1.54) is 5.56 Å². The van der Waals surface area contributed by atoms with Gasteiger partial charge in [-0.2, -0.15) is 0 Å². The Morgan fingerprint density at radius 1 is 1.20 bits per heavy atom. The van der Waals surface area contributed by atoms with E-state index in [-0.39, 0.29) is 18.9 Å². The molecule has 1 aromatic rings. The Morgan fingerprint density at radius 3 is 2.33 bits per heavy atom. The fourth-order valence-electron chi connectivity index (χ4n) is 1.06. The average Bonchev–Trinajstić information content (AvgIpc) is 2.19. The van der Waals surface area contributed by atoms with Gasteiger partial charge in [0, 0.05) is 0 Å². The Bertz CT molecular complexity index is 361. The summed E-state index contributed by atoms with van der Waals surface area (Å²) in [6.07, 6.45) is 7.07. The van der Waals surface area contributed by atoms with Gasteiger partial charge in [-0.25, -0.2) is 0 Å². The molecular weight excluding hydrogens is 177 g/mol. The number of aryl methyl sites for hydroxylation is 1. The predicted molar refractivity (Wildman–Crippen MR) is 62.8 cm³/mol. The van der Waals surface area contributed by atoms with Gasteiger partial charge >= 0.3 is 18.9 Å². The van der Waals surface area contributed by atoms with E-state index in [4.69, 9.17) is 5.73 Å². The third kappa shape index (κ3) is 4.74. The van der Waals surface area contributed by atoms with Crippen LogP contribution in [0.4, 0.5) is 0 Å². The van der Waals surface area contributed by atoms with Crippen LogP contribution in [0.25, 0.3) is 11.4 Å². The minimum Gasteiger partial charge on any atom is -0.698 e. The molecule has 1 aromatic carbocycles. The normalized spacial score (nSPS) is 11.1. The summed E-state index contributed by atoms with van der Waals surface area (Å²) in [5.74, 6) is 0. The van der Waals surface area contributed by atoms with Gasteiger partial charge in [0.15, 0.2) is 0 Å². The smallest absolute Gasteiger partial charge is 0.698 e. The van der Waals surface area contributed by atoms with E-state index in [1.807, 2.05) is 43.3 Å². The molecule has 0 bridgehead atoms. The zero-order valence-electron chi connectivity index (χ0n) is 9.33. The summed E-state index contributed by atoms with van der Waals surface area (Å²) < 4.78 is 0. The maximum absolute atomic E-state index is 7.74. The first-order valence-corrected chi connectivity index (χ1v) is 4.52. The topological polar surface area (TPSA) is 23.8 Å². The number of nitrogens with one attached hydrogen (secondary N) is 1. The van der Waals surface area contributed by atoms with Crippen molar-refractivity contribution in [3.8, 4) is 0 Å². The van der Waals surface area contributed by atoms with Crippen LogP contribution >= 0.6 is 0 Å². The molecule has 1 N–H and O–H groups in total. The van der Waals surface area contributed by atoms with Gasteiger partial charge in [0.2, 0.25) is 0 Å². The van der Waals surface area contributed by atoms with Crippen LogP contribution in [0.5, 0.6) is 0 Å². The van der Waals surface area contributed by atoms with E-state index in [1.54, 1.807) is 12.2 Å². The maximum Gasteiger partial charge on any atom is 1.00 e. The van der Waals surface area contributed by atoms with Crippen molar-refractivity contribution in [2.75, 3.05) is 0 Å². The monoisotopic (exact) mass is 191 g/mol.